The molecular formula is C15H27NO4. The molecule has 1 spiro atoms. The fourth-order valence-corrected chi connectivity index (χ4v) is 3.34. The molecular weight excluding hydrogens is 258 g/mol. The highest BCUT2D eigenvalue weighted by atomic mass is 16.5. The van der Waals surface area contributed by atoms with Gasteiger partial charge in [-0.3, -0.25) is 9.69 Å². The van der Waals surface area contributed by atoms with E-state index in [1.807, 2.05) is 0 Å². The molecule has 5 nitrogen and oxygen atoms in total. The normalized spacial score (nSPS) is 25.9. The lowest BCUT2D eigenvalue weighted by atomic mass is 9.83. The maximum Gasteiger partial charge on any atom is 0.306 e. The van der Waals surface area contributed by atoms with Crippen LogP contribution in [0.4, 0.5) is 0 Å². The molecule has 0 aliphatic carbocycles. The molecule has 1 unspecified atom stereocenters. The van der Waals surface area contributed by atoms with Crippen molar-refractivity contribution in [2.75, 3.05) is 40.0 Å². The van der Waals surface area contributed by atoms with Crippen LogP contribution in [0.1, 0.15) is 39.0 Å². The molecule has 116 valence electrons. The number of hydrogen-bond acceptors (Lipinski definition) is 5. The zero-order valence-electron chi connectivity index (χ0n) is 12.7. The molecule has 2 rings (SSSR count). The summed E-state index contributed by atoms with van der Waals surface area (Å²) in [5, 5.41) is 0. The third kappa shape index (κ3) is 3.93. The van der Waals surface area contributed by atoms with E-state index < -0.39 is 0 Å². The van der Waals surface area contributed by atoms with Crippen LogP contribution >= 0.6 is 0 Å². The van der Waals surface area contributed by atoms with Gasteiger partial charge in [-0.1, -0.05) is 6.92 Å². The predicted molar refractivity (Wildman–Crippen MR) is 75.6 cm³/mol. The fourth-order valence-electron chi connectivity index (χ4n) is 3.34. The highest BCUT2D eigenvalue weighted by Crippen LogP contribution is 2.36. The van der Waals surface area contributed by atoms with Crippen molar-refractivity contribution in [3.63, 3.8) is 0 Å². The van der Waals surface area contributed by atoms with Crippen LogP contribution in [-0.4, -0.2) is 62.5 Å². The van der Waals surface area contributed by atoms with Gasteiger partial charge in [-0.25, -0.2) is 0 Å². The molecule has 0 radical (unpaired) electrons. The van der Waals surface area contributed by atoms with Crippen LogP contribution in [0.15, 0.2) is 0 Å². The van der Waals surface area contributed by atoms with Gasteiger partial charge in [-0.2, -0.15) is 0 Å². The molecule has 0 amide bonds. The molecule has 2 aliphatic rings. The minimum Gasteiger partial charge on any atom is -0.469 e. The highest BCUT2D eigenvalue weighted by molar-refractivity contribution is 5.69. The van der Waals surface area contributed by atoms with Gasteiger partial charge in [-0.05, 0) is 32.2 Å². The SMILES string of the molecule is CCN(CCC(=O)OC)C1CCOC2(CCOCC2)C1. The van der Waals surface area contributed by atoms with Crippen LogP contribution in [0.5, 0.6) is 0 Å². The van der Waals surface area contributed by atoms with Crippen molar-refractivity contribution in [3.05, 3.63) is 0 Å². The summed E-state index contributed by atoms with van der Waals surface area (Å²) in [6.07, 6.45) is 4.58. The van der Waals surface area contributed by atoms with Gasteiger partial charge in [0.1, 0.15) is 0 Å². The number of ether oxygens (including phenoxy) is 3. The Kier molecular flexibility index (Phi) is 5.81. The van der Waals surface area contributed by atoms with Crippen molar-refractivity contribution >= 4 is 5.97 Å². The molecule has 0 N–H and O–H groups in total. The molecule has 1 atom stereocenters. The van der Waals surface area contributed by atoms with Gasteiger partial charge in [0.2, 0.25) is 0 Å². The minimum absolute atomic E-state index is 0.0137. The van der Waals surface area contributed by atoms with E-state index in [1.54, 1.807) is 0 Å². The summed E-state index contributed by atoms with van der Waals surface area (Å²) in [5.74, 6) is -0.128. The monoisotopic (exact) mass is 285 g/mol. The van der Waals surface area contributed by atoms with Crippen molar-refractivity contribution in [1.29, 1.82) is 0 Å². The summed E-state index contributed by atoms with van der Waals surface area (Å²) >= 11 is 0. The Labute approximate surface area is 121 Å². The molecule has 20 heavy (non-hydrogen) atoms. The number of nitrogens with zero attached hydrogens (tertiary/aromatic N) is 1. The van der Waals surface area contributed by atoms with Crippen LogP contribution in [0, 0.1) is 0 Å². The number of methoxy groups -OCH3 is 1. The average Bonchev–Trinajstić information content (AvgIpc) is 2.48. The lowest BCUT2D eigenvalue weighted by Gasteiger charge is -2.46. The summed E-state index contributed by atoms with van der Waals surface area (Å²) in [5.41, 5.74) is 0.0137. The molecule has 0 aromatic heterocycles. The van der Waals surface area contributed by atoms with Crippen molar-refractivity contribution in [2.45, 2.75) is 50.7 Å². The Balaban J connectivity index is 1.90. The Hall–Kier alpha value is -0.650. The second-order valence-corrected chi connectivity index (χ2v) is 5.75. The maximum atomic E-state index is 11.3. The second-order valence-electron chi connectivity index (χ2n) is 5.75. The van der Waals surface area contributed by atoms with Crippen LogP contribution < -0.4 is 0 Å². The van der Waals surface area contributed by atoms with Gasteiger partial charge < -0.3 is 14.2 Å². The van der Waals surface area contributed by atoms with E-state index in [4.69, 9.17) is 14.2 Å². The number of hydrogen-bond donors (Lipinski definition) is 0. The van der Waals surface area contributed by atoms with Crippen molar-refractivity contribution in [1.82, 2.24) is 4.90 Å². The van der Waals surface area contributed by atoms with Gasteiger partial charge in [0.05, 0.1) is 19.1 Å². The van der Waals surface area contributed by atoms with Crippen LogP contribution in [0.3, 0.4) is 0 Å². The fraction of sp³-hybridized carbons (Fsp3) is 0.933. The average molecular weight is 285 g/mol. The van der Waals surface area contributed by atoms with Crippen LogP contribution in [-0.2, 0) is 19.0 Å². The van der Waals surface area contributed by atoms with Crippen LogP contribution in [0.2, 0.25) is 0 Å². The van der Waals surface area contributed by atoms with E-state index in [0.717, 1.165) is 58.6 Å². The van der Waals surface area contributed by atoms with Gasteiger partial charge in [0.25, 0.3) is 0 Å². The summed E-state index contributed by atoms with van der Waals surface area (Å²) in [7, 11) is 1.45. The lowest BCUT2D eigenvalue weighted by Crippen LogP contribution is -2.51. The Morgan fingerprint density at radius 1 is 1.35 bits per heavy atom. The Bertz CT molecular complexity index is 309. The molecule has 0 aromatic carbocycles. The summed E-state index contributed by atoms with van der Waals surface area (Å²) < 4.78 is 16.3. The zero-order chi connectivity index (χ0) is 14.4. The largest absolute Gasteiger partial charge is 0.469 e. The summed E-state index contributed by atoms with van der Waals surface area (Å²) in [6.45, 7) is 6.33. The smallest absolute Gasteiger partial charge is 0.306 e. The number of carbonyl (C=O) groups excluding carboxylic acids is 1. The first kappa shape index (κ1) is 15.7. The lowest BCUT2D eigenvalue weighted by molar-refractivity contribution is -0.152. The summed E-state index contributed by atoms with van der Waals surface area (Å²) in [6, 6.07) is 0.511. The maximum absolute atomic E-state index is 11.3. The van der Waals surface area contributed by atoms with E-state index in [0.29, 0.717) is 12.5 Å². The van der Waals surface area contributed by atoms with Gasteiger partial charge >= 0.3 is 5.97 Å². The molecule has 5 heteroatoms. The molecule has 2 heterocycles. The second kappa shape index (κ2) is 7.38. The first-order valence-electron chi connectivity index (χ1n) is 7.72. The quantitative estimate of drug-likeness (QED) is 0.718. The Morgan fingerprint density at radius 2 is 2.10 bits per heavy atom. The molecule has 0 bridgehead atoms. The predicted octanol–water partition coefficient (Wildman–Crippen LogP) is 1.60. The van der Waals surface area contributed by atoms with Gasteiger partial charge in [-0.15, -0.1) is 0 Å². The highest BCUT2D eigenvalue weighted by Gasteiger charge is 2.40. The van der Waals surface area contributed by atoms with Gasteiger partial charge in [0.15, 0.2) is 0 Å². The number of esters is 1. The zero-order valence-corrected chi connectivity index (χ0v) is 12.7. The summed E-state index contributed by atoms with van der Waals surface area (Å²) in [4.78, 5) is 13.7. The third-order valence-electron chi connectivity index (χ3n) is 4.62. The first-order valence-corrected chi connectivity index (χ1v) is 7.72. The van der Waals surface area contributed by atoms with E-state index in [2.05, 4.69) is 11.8 Å². The Morgan fingerprint density at radius 3 is 2.75 bits per heavy atom. The van der Waals surface area contributed by atoms with E-state index >= 15 is 0 Å². The van der Waals surface area contributed by atoms with E-state index in [-0.39, 0.29) is 11.6 Å². The first-order chi connectivity index (χ1) is 9.69. The molecule has 2 aliphatic heterocycles. The van der Waals surface area contributed by atoms with Crippen molar-refractivity contribution < 1.29 is 19.0 Å². The minimum atomic E-state index is -0.128. The van der Waals surface area contributed by atoms with Gasteiger partial charge in [0, 0.05) is 32.4 Å². The number of carbonyl (C=O) groups is 1. The molecule has 0 aromatic rings. The van der Waals surface area contributed by atoms with E-state index in [9.17, 15) is 4.79 Å². The third-order valence-corrected chi connectivity index (χ3v) is 4.62. The topological polar surface area (TPSA) is 48.0 Å². The molecule has 2 fully saturated rings. The molecule has 2 saturated heterocycles. The standard InChI is InChI=1S/C15H27NO4/c1-3-16(8-4-14(17)18-2)13-5-9-20-15(12-13)6-10-19-11-7-15/h13H,3-12H2,1-2H3. The molecule has 0 saturated carbocycles. The van der Waals surface area contributed by atoms with Crippen LogP contribution in [0.25, 0.3) is 0 Å². The van der Waals surface area contributed by atoms with Crippen molar-refractivity contribution in [2.24, 2.45) is 0 Å². The van der Waals surface area contributed by atoms with Crippen molar-refractivity contribution in [3.8, 4) is 0 Å². The number of rotatable bonds is 5. The van der Waals surface area contributed by atoms with E-state index in [1.165, 1.54) is 7.11 Å².